The minimum absolute atomic E-state index is 0.783. The highest BCUT2D eigenvalue weighted by Gasteiger charge is 2.10. The van der Waals surface area contributed by atoms with Crippen molar-refractivity contribution in [1.82, 2.24) is 0 Å². The zero-order valence-electron chi connectivity index (χ0n) is 12.9. The zero-order valence-corrected chi connectivity index (χ0v) is 12.9. The highest BCUT2D eigenvalue weighted by Crippen LogP contribution is 2.22. The molecule has 1 aromatic carbocycles. The van der Waals surface area contributed by atoms with E-state index >= 15 is 0 Å². The summed E-state index contributed by atoms with van der Waals surface area (Å²) in [7, 11) is 2.50. The summed E-state index contributed by atoms with van der Waals surface area (Å²) in [6.45, 7) is 4.58. The second-order valence-electron chi connectivity index (χ2n) is 5.68. The Balaban J connectivity index is 2.35. The second-order valence-corrected chi connectivity index (χ2v) is 5.68. The molecule has 0 saturated heterocycles. The van der Waals surface area contributed by atoms with Crippen molar-refractivity contribution in [2.45, 2.75) is 77.5 Å². The molecule has 0 aromatic heterocycles. The first-order chi connectivity index (χ1) is 9.36. The normalized spacial score (nSPS) is 12.3. The molecule has 0 heterocycles. The molecule has 1 atom stereocenters. The van der Waals surface area contributed by atoms with Gasteiger partial charge in [0.05, 0.1) is 0 Å². The maximum atomic E-state index is 2.50. The van der Waals surface area contributed by atoms with Gasteiger partial charge in [0, 0.05) is 0 Å². The van der Waals surface area contributed by atoms with E-state index in [1.807, 2.05) is 0 Å². The third kappa shape index (κ3) is 8.13. The van der Waals surface area contributed by atoms with Gasteiger partial charge in [0.2, 0.25) is 0 Å². The molecule has 0 amide bonds. The lowest BCUT2D eigenvalue weighted by molar-refractivity contribution is 0.560. The molecule has 19 heavy (non-hydrogen) atoms. The molecule has 0 aliphatic carbocycles. The van der Waals surface area contributed by atoms with E-state index in [1.165, 1.54) is 63.3 Å². The first-order valence-corrected chi connectivity index (χ1v) is 8.26. The Labute approximate surface area is 121 Å². The van der Waals surface area contributed by atoms with E-state index < -0.39 is 0 Å². The van der Waals surface area contributed by atoms with E-state index in [9.17, 15) is 0 Å². The molecular formula is C18H30B. The number of hydrogen-bond donors (Lipinski definition) is 0. The molecule has 0 aliphatic rings. The third-order valence-corrected chi connectivity index (χ3v) is 3.83. The van der Waals surface area contributed by atoms with Crippen molar-refractivity contribution in [3.8, 4) is 0 Å². The predicted molar refractivity (Wildman–Crippen MR) is 88.5 cm³/mol. The van der Waals surface area contributed by atoms with Crippen LogP contribution in [0.25, 0.3) is 0 Å². The number of rotatable bonds is 11. The van der Waals surface area contributed by atoms with E-state index in [2.05, 4.69) is 51.5 Å². The van der Waals surface area contributed by atoms with Gasteiger partial charge >= 0.3 is 0 Å². The van der Waals surface area contributed by atoms with E-state index in [1.54, 1.807) is 0 Å². The zero-order chi connectivity index (χ0) is 13.8. The van der Waals surface area contributed by atoms with Gasteiger partial charge in [-0.15, -0.1) is 0 Å². The summed E-state index contributed by atoms with van der Waals surface area (Å²) in [6, 6.07) is 10.9. The van der Waals surface area contributed by atoms with Crippen LogP contribution in [0.2, 0.25) is 5.82 Å². The molecule has 1 aromatic rings. The fourth-order valence-electron chi connectivity index (χ4n) is 2.64. The summed E-state index contributed by atoms with van der Waals surface area (Å²) in [6.07, 6.45) is 12.4. The SMILES string of the molecule is CCCCCCC([B]c1ccccc1)CCCCC. The largest absolute Gasteiger partial charge is 0.154 e. The standard InChI is InChI=1S/C18H30B/c1-3-5-7-10-14-17(13-9-6-4-2)19-18-15-11-8-12-16-18/h8,11-12,15-17H,3-7,9-10,13-14H2,1-2H3. The van der Waals surface area contributed by atoms with Crippen LogP contribution in [0, 0.1) is 0 Å². The first-order valence-electron chi connectivity index (χ1n) is 8.26. The summed E-state index contributed by atoms with van der Waals surface area (Å²) in [4.78, 5) is 0. The van der Waals surface area contributed by atoms with E-state index in [-0.39, 0.29) is 0 Å². The van der Waals surface area contributed by atoms with Crippen LogP contribution < -0.4 is 5.46 Å². The summed E-state index contributed by atoms with van der Waals surface area (Å²) < 4.78 is 0. The smallest absolute Gasteiger partial charge is 0.0875 e. The fraction of sp³-hybridized carbons (Fsp3) is 0.667. The van der Waals surface area contributed by atoms with Crippen LogP contribution in [0.3, 0.4) is 0 Å². The van der Waals surface area contributed by atoms with Crippen LogP contribution in [-0.4, -0.2) is 7.28 Å². The summed E-state index contributed by atoms with van der Waals surface area (Å²) in [5.41, 5.74) is 1.40. The molecule has 0 nitrogen and oxygen atoms in total. The average molecular weight is 257 g/mol. The molecule has 0 bridgehead atoms. The molecule has 0 saturated carbocycles. The Bertz CT molecular complexity index is 294. The molecule has 105 valence electrons. The summed E-state index contributed by atoms with van der Waals surface area (Å²) in [5, 5.41) is 0. The van der Waals surface area contributed by atoms with Crippen molar-refractivity contribution >= 4 is 12.7 Å². The average Bonchev–Trinajstić information content (AvgIpc) is 2.44. The lowest BCUT2D eigenvalue weighted by atomic mass is 9.56. The molecule has 0 fully saturated rings. The van der Waals surface area contributed by atoms with Crippen LogP contribution in [0.15, 0.2) is 30.3 Å². The maximum absolute atomic E-state index is 2.50. The van der Waals surface area contributed by atoms with Gasteiger partial charge in [-0.05, 0) is 0 Å². The molecule has 1 unspecified atom stereocenters. The summed E-state index contributed by atoms with van der Waals surface area (Å²) in [5.74, 6) is 0.783. The van der Waals surface area contributed by atoms with Crippen LogP contribution in [0.5, 0.6) is 0 Å². The third-order valence-electron chi connectivity index (χ3n) is 3.83. The van der Waals surface area contributed by atoms with Gasteiger partial charge < -0.3 is 0 Å². The van der Waals surface area contributed by atoms with E-state index in [4.69, 9.17) is 0 Å². The minimum Gasteiger partial charge on any atom is -0.0875 e. The van der Waals surface area contributed by atoms with E-state index in [0.717, 1.165) is 5.82 Å². The molecule has 0 spiro atoms. The predicted octanol–water partition coefficient (Wildman–Crippen LogP) is 5.36. The molecule has 0 N–H and O–H groups in total. The van der Waals surface area contributed by atoms with Crippen molar-refractivity contribution in [2.24, 2.45) is 0 Å². The Kier molecular flexibility index (Phi) is 9.58. The van der Waals surface area contributed by atoms with E-state index in [0.29, 0.717) is 0 Å². The Morgan fingerprint density at radius 1 is 0.789 bits per heavy atom. The first kappa shape index (κ1) is 16.3. The van der Waals surface area contributed by atoms with Crippen LogP contribution in [-0.2, 0) is 0 Å². The van der Waals surface area contributed by atoms with Crippen molar-refractivity contribution in [3.05, 3.63) is 30.3 Å². The van der Waals surface area contributed by atoms with Crippen molar-refractivity contribution in [1.29, 1.82) is 0 Å². The van der Waals surface area contributed by atoms with Crippen molar-refractivity contribution < 1.29 is 0 Å². The molecule has 1 heteroatoms. The second kappa shape index (κ2) is 11.1. The van der Waals surface area contributed by atoms with Gasteiger partial charge in [-0.1, -0.05) is 113 Å². The lowest BCUT2D eigenvalue weighted by Crippen LogP contribution is -2.19. The molecule has 0 aliphatic heterocycles. The quantitative estimate of drug-likeness (QED) is 0.370. The van der Waals surface area contributed by atoms with Gasteiger partial charge in [0.15, 0.2) is 7.28 Å². The highest BCUT2D eigenvalue weighted by molar-refractivity contribution is 6.54. The van der Waals surface area contributed by atoms with Gasteiger partial charge in [-0.3, -0.25) is 0 Å². The van der Waals surface area contributed by atoms with Crippen molar-refractivity contribution in [3.63, 3.8) is 0 Å². The lowest BCUT2D eigenvalue weighted by Gasteiger charge is -2.16. The van der Waals surface area contributed by atoms with Crippen LogP contribution >= 0.6 is 0 Å². The monoisotopic (exact) mass is 257 g/mol. The fourth-order valence-corrected chi connectivity index (χ4v) is 2.64. The number of benzene rings is 1. The molecular weight excluding hydrogens is 227 g/mol. The minimum atomic E-state index is 0.783. The van der Waals surface area contributed by atoms with Gasteiger partial charge in [-0.2, -0.15) is 0 Å². The van der Waals surface area contributed by atoms with Gasteiger partial charge in [0.25, 0.3) is 0 Å². The van der Waals surface area contributed by atoms with Crippen LogP contribution in [0.1, 0.15) is 71.6 Å². The molecule has 1 rings (SSSR count). The summed E-state index contributed by atoms with van der Waals surface area (Å²) >= 11 is 0. The topological polar surface area (TPSA) is 0 Å². The van der Waals surface area contributed by atoms with Crippen LogP contribution in [0.4, 0.5) is 0 Å². The molecule has 1 radical (unpaired) electrons. The van der Waals surface area contributed by atoms with Gasteiger partial charge in [-0.25, -0.2) is 0 Å². The van der Waals surface area contributed by atoms with Gasteiger partial charge in [0.1, 0.15) is 0 Å². The number of hydrogen-bond acceptors (Lipinski definition) is 0. The number of unbranched alkanes of at least 4 members (excludes halogenated alkanes) is 5. The Morgan fingerprint density at radius 3 is 2.00 bits per heavy atom. The maximum Gasteiger partial charge on any atom is 0.154 e. The Morgan fingerprint density at radius 2 is 1.37 bits per heavy atom. The van der Waals surface area contributed by atoms with Crippen molar-refractivity contribution in [2.75, 3.05) is 0 Å². The Hall–Kier alpha value is -0.715. The highest BCUT2D eigenvalue weighted by atomic mass is 14.0.